The molecule has 1 rings (SSSR count). The first-order valence-corrected chi connectivity index (χ1v) is 4.13. The van der Waals surface area contributed by atoms with Gasteiger partial charge in [-0.25, -0.2) is 13.8 Å². The van der Waals surface area contributed by atoms with Crippen LogP contribution >= 0.6 is 0 Å². The Bertz CT molecular complexity index is 233. The topological polar surface area (TPSA) is 43.8 Å². The molecule has 0 saturated carbocycles. The predicted molar refractivity (Wildman–Crippen MR) is 45.6 cm³/mol. The van der Waals surface area contributed by atoms with Crippen LogP contribution in [-0.4, -0.2) is 22.0 Å². The van der Waals surface area contributed by atoms with E-state index in [1.54, 1.807) is 6.20 Å². The summed E-state index contributed by atoms with van der Waals surface area (Å²) >= 11 is 0. The van der Waals surface area contributed by atoms with E-state index in [-0.39, 0.29) is 12.6 Å². The second-order valence-electron chi connectivity index (χ2n) is 3.07. The van der Waals surface area contributed by atoms with Crippen molar-refractivity contribution in [1.82, 2.24) is 9.55 Å². The molecular weight excluding hydrogens is 176 g/mol. The number of hydrogen-bond donors (Lipinski definition) is 1. The van der Waals surface area contributed by atoms with Crippen LogP contribution in [0.25, 0.3) is 0 Å². The van der Waals surface area contributed by atoms with Gasteiger partial charge in [-0.3, -0.25) is 0 Å². The largest absolute Gasteiger partial charge is 0.329 e. The summed E-state index contributed by atoms with van der Waals surface area (Å²) < 4.78 is 25.5. The van der Waals surface area contributed by atoms with Crippen molar-refractivity contribution in [3.8, 4) is 0 Å². The fraction of sp³-hybridized carbons (Fsp3) is 0.625. The molecule has 0 bridgehead atoms. The van der Waals surface area contributed by atoms with Crippen molar-refractivity contribution in [3.05, 3.63) is 18.2 Å². The molecule has 0 radical (unpaired) electrons. The lowest BCUT2D eigenvalue weighted by Gasteiger charge is -2.08. The molecule has 0 aliphatic rings. The highest BCUT2D eigenvalue weighted by atomic mass is 19.3. The Balaban J connectivity index is 2.65. The average molecular weight is 189 g/mol. The molecule has 5 heteroatoms. The van der Waals surface area contributed by atoms with Gasteiger partial charge in [-0.2, -0.15) is 0 Å². The molecule has 1 aromatic rings. The zero-order valence-corrected chi connectivity index (χ0v) is 7.45. The minimum absolute atomic E-state index is 0.0566. The quantitative estimate of drug-likeness (QED) is 0.769. The molecule has 2 N–H and O–H groups in total. The van der Waals surface area contributed by atoms with Gasteiger partial charge in [0.25, 0.3) is 6.43 Å². The van der Waals surface area contributed by atoms with Gasteiger partial charge in [0.2, 0.25) is 0 Å². The molecule has 1 aromatic heterocycles. The minimum Gasteiger partial charge on any atom is -0.329 e. The van der Waals surface area contributed by atoms with Gasteiger partial charge in [0.1, 0.15) is 5.82 Å². The first-order chi connectivity index (χ1) is 6.09. The van der Waals surface area contributed by atoms with Crippen molar-refractivity contribution in [2.45, 2.75) is 32.4 Å². The summed E-state index contributed by atoms with van der Waals surface area (Å²) in [4.78, 5) is 3.96. The van der Waals surface area contributed by atoms with E-state index in [0.29, 0.717) is 12.2 Å². The molecule has 0 amide bonds. The second kappa shape index (κ2) is 4.32. The van der Waals surface area contributed by atoms with Crippen molar-refractivity contribution in [2.24, 2.45) is 5.73 Å². The molecule has 1 unspecified atom stereocenters. The fourth-order valence-corrected chi connectivity index (χ4v) is 1.13. The molecule has 0 saturated heterocycles. The maximum atomic E-state index is 12.0. The van der Waals surface area contributed by atoms with Gasteiger partial charge < -0.3 is 10.3 Å². The summed E-state index contributed by atoms with van der Waals surface area (Å²) in [7, 11) is 0. The maximum absolute atomic E-state index is 12.0. The smallest absolute Gasteiger partial charge is 0.256 e. The fourth-order valence-electron chi connectivity index (χ4n) is 1.13. The number of nitrogens with zero attached hydrogens (tertiary/aromatic N) is 2. The van der Waals surface area contributed by atoms with Crippen LogP contribution in [0.2, 0.25) is 0 Å². The molecular formula is C8H13F2N3. The lowest BCUT2D eigenvalue weighted by Crippen LogP contribution is -2.21. The molecule has 0 spiro atoms. The van der Waals surface area contributed by atoms with Crippen LogP contribution in [0.3, 0.4) is 0 Å². The lowest BCUT2D eigenvalue weighted by atomic mass is 10.2. The number of nitrogens with two attached hydrogens (primary N) is 1. The van der Waals surface area contributed by atoms with Gasteiger partial charge in [-0.05, 0) is 6.92 Å². The zero-order valence-electron chi connectivity index (χ0n) is 7.45. The molecule has 3 nitrogen and oxygen atoms in total. The van der Waals surface area contributed by atoms with E-state index < -0.39 is 6.43 Å². The predicted octanol–water partition coefficient (Wildman–Crippen LogP) is 1.04. The van der Waals surface area contributed by atoms with Gasteiger partial charge in [0.15, 0.2) is 0 Å². The standard InChI is InChI=1S/C8H13F2N3/c1-6(11)4-8-12-2-3-13(8)5-7(9)10/h2-3,6-7H,4-5,11H2,1H3. The van der Waals surface area contributed by atoms with Gasteiger partial charge in [0.05, 0.1) is 6.54 Å². The minimum atomic E-state index is -2.35. The van der Waals surface area contributed by atoms with E-state index >= 15 is 0 Å². The van der Waals surface area contributed by atoms with Crippen molar-refractivity contribution >= 4 is 0 Å². The van der Waals surface area contributed by atoms with E-state index in [9.17, 15) is 8.78 Å². The van der Waals surface area contributed by atoms with Crippen molar-refractivity contribution in [1.29, 1.82) is 0 Å². The third-order valence-corrected chi connectivity index (χ3v) is 1.64. The van der Waals surface area contributed by atoms with Crippen LogP contribution in [-0.2, 0) is 13.0 Å². The van der Waals surface area contributed by atoms with E-state index in [1.165, 1.54) is 10.8 Å². The van der Waals surface area contributed by atoms with Gasteiger partial charge in [-0.1, -0.05) is 0 Å². The van der Waals surface area contributed by atoms with Crippen LogP contribution in [0.1, 0.15) is 12.7 Å². The summed E-state index contributed by atoms with van der Waals surface area (Å²) in [5, 5.41) is 0. The van der Waals surface area contributed by atoms with Crippen molar-refractivity contribution in [2.75, 3.05) is 0 Å². The first kappa shape index (κ1) is 10.1. The summed E-state index contributed by atoms with van der Waals surface area (Å²) in [5.41, 5.74) is 5.54. The second-order valence-corrected chi connectivity index (χ2v) is 3.07. The highest BCUT2D eigenvalue weighted by Gasteiger charge is 2.09. The van der Waals surface area contributed by atoms with Crippen LogP contribution in [0, 0.1) is 0 Å². The number of rotatable bonds is 4. The number of hydrogen-bond acceptors (Lipinski definition) is 2. The summed E-state index contributed by atoms with van der Waals surface area (Å²) in [6.07, 6.45) is 1.24. The van der Waals surface area contributed by atoms with Crippen LogP contribution in [0.15, 0.2) is 12.4 Å². The van der Waals surface area contributed by atoms with Gasteiger partial charge in [0, 0.05) is 24.9 Å². The molecule has 0 aliphatic carbocycles. The molecule has 0 aliphatic heterocycles. The normalized spacial score (nSPS) is 13.6. The zero-order chi connectivity index (χ0) is 9.84. The van der Waals surface area contributed by atoms with E-state index in [1.807, 2.05) is 6.92 Å². The van der Waals surface area contributed by atoms with Crippen molar-refractivity contribution in [3.63, 3.8) is 0 Å². The molecule has 74 valence electrons. The van der Waals surface area contributed by atoms with Gasteiger partial charge >= 0.3 is 0 Å². The molecule has 1 atom stereocenters. The first-order valence-electron chi connectivity index (χ1n) is 4.13. The monoisotopic (exact) mass is 189 g/mol. The summed E-state index contributed by atoms with van der Waals surface area (Å²) in [6.45, 7) is 1.52. The number of aromatic nitrogens is 2. The van der Waals surface area contributed by atoms with Crippen molar-refractivity contribution < 1.29 is 8.78 Å². The SMILES string of the molecule is CC(N)Cc1nccn1CC(F)F. The Kier molecular flexibility index (Phi) is 3.36. The molecule has 0 aromatic carbocycles. The maximum Gasteiger partial charge on any atom is 0.256 e. The third-order valence-electron chi connectivity index (χ3n) is 1.64. The van der Waals surface area contributed by atoms with E-state index in [0.717, 1.165) is 0 Å². The Morgan fingerprint density at radius 3 is 2.85 bits per heavy atom. The Labute approximate surface area is 75.6 Å². The Morgan fingerprint density at radius 2 is 2.31 bits per heavy atom. The highest BCUT2D eigenvalue weighted by molar-refractivity contribution is 4.94. The average Bonchev–Trinajstić information content (AvgIpc) is 2.34. The third kappa shape index (κ3) is 3.10. The van der Waals surface area contributed by atoms with Crippen LogP contribution < -0.4 is 5.73 Å². The number of halogens is 2. The van der Waals surface area contributed by atoms with Gasteiger partial charge in [-0.15, -0.1) is 0 Å². The lowest BCUT2D eigenvalue weighted by molar-refractivity contribution is 0.125. The van der Waals surface area contributed by atoms with E-state index in [2.05, 4.69) is 4.98 Å². The number of imidazole rings is 1. The molecule has 13 heavy (non-hydrogen) atoms. The van der Waals surface area contributed by atoms with E-state index in [4.69, 9.17) is 5.73 Å². The highest BCUT2D eigenvalue weighted by Crippen LogP contribution is 2.04. The summed E-state index contributed by atoms with van der Waals surface area (Å²) in [5.74, 6) is 0.621. The summed E-state index contributed by atoms with van der Waals surface area (Å²) in [6, 6.07) is -0.0566. The Morgan fingerprint density at radius 1 is 1.62 bits per heavy atom. The number of alkyl halides is 2. The Hall–Kier alpha value is -0.970. The van der Waals surface area contributed by atoms with Crippen LogP contribution in [0.4, 0.5) is 8.78 Å². The molecule has 1 heterocycles. The molecule has 0 fully saturated rings. The van der Waals surface area contributed by atoms with Crippen LogP contribution in [0.5, 0.6) is 0 Å².